The van der Waals surface area contributed by atoms with E-state index < -0.39 is 10.0 Å². The van der Waals surface area contributed by atoms with Crippen molar-refractivity contribution in [1.29, 1.82) is 0 Å². The van der Waals surface area contributed by atoms with Gasteiger partial charge in [0.15, 0.2) is 0 Å². The standard InChI is InChI=1S/C11H19ClN2O2S2/c1-13(2)8-9-14(3)18(15,16)11-5-4-10(17-11)6-7-12/h4-5H,6-9H2,1-3H3. The molecule has 0 aliphatic rings. The lowest BCUT2D eigenvalue weighted by Crippen LogP contribution is -2.33. The molecule has 0 aliphatic carbocycles. The van der Waals surface area contributed by atoms with Gasteiger partial charge in [-0.05, 0) is 32.6 Å². The van der Waals surface area contributed by atoms with Gasteiger partial charge in [0.2, 0.25) is 0 Å². The second-order valence-corrected chi connectivity index (χ2v) is 8.11. The van der Waals surface area contributed by atoms with Crippen LogP contribution in [0.4, 0.5) is 0 Å². The SMILES string of the molecule is CN(C)CCN(C)S(=O)(=O)c1ccc(CCCl)s1. The molecule has 1 heterocycles. The van der Waals surface area contributed by atoms with Gasteiger partial charge in [-0.1, -0.05) is 0 Å². The third-order valence-electron chi connectivity index (χ3n) is 2.50. The van der Waals surface area contributed by atoms with Crippen LogP contribution in [0.5, 0.6) is 0 Å². The number of halogens is 1. The number of likely N-dealkylation sites (N-methyl/N-ethyl adjacent to an activating group) is 2. The van der Waals surface area contributed by atoms with Crippen molar-refractivity contribution in [3.8, 4) is 0 Å². The fourth-order valence-electron chi connectivity index (χ4n) is 1.34. The van der Waals surface area contributed by atoms with Crippen LogP contribution in [0.15, 0.2) is 16.3 Å². The van der Waals surface area contributed by atoms with Crippen LogP contribution in [0.3, 0.4) is 0 Å². The Balaban J connectivity index is 2.77. The van der Waals surface area contributed by atoms with E-state index in [0.717, 1.165) is 4.88 Å². The van der Waals surface area contributed by atoms with Gasteiger partial charge in [-0.3, -0.25) is 0 Å². The molecule has 0 saturated heterocycles. The van der Waals surface area contributed by atoms with Gasteiger partial charge in [0.1, 0.15) is 4.21 Å². The molecule has 7 heteroatoms. The molecule has 0 atom stereocenters. The molecule has 1 aromatic rings. The maximum absolute atomic E-state index is 12.2. The summed E-state index contributed by atoms with van der Waals surface area (Å²) in [4.78, 5) is 2.96. The van der Waals surface area contributed by atoms with E-state index in [1.165, 1.54) is 15.6 Å². The number of hydrogen-bond donors (Lipinski definition) is 0. The summed E-state index contributed by atoms with van der Waals surface area (Å²) in [7, 11) is 2.10. The van der Waals surface area contributed by atoms with Crippen LogP contribution < -0.4 is 0 Å². The van der Waals surface area contributed by atoms with E-state index in [0.29, 0.717) is 29.6 Å². The molecule has 0 aromatic carbocycles. The first kappa shape index (κ1) is 15.9. The van der Waals surface area contributed by atoms with Crippen LogP contribution in [0.1, 0.15) is 4.88 Å². The Morgan fingerprint density at radius 1 is 1.22 bits per heavy atom. The molecule has 104 valence electrons. The third kappa shape index (κ3) is 4.20. The lowest BCUT2D eigenvalue weighted by atomic mass is 10.4. The summed E-state index contributed by atoms with van der Waals surface area (Å²) in [6.45, 7) is 1.19. The molecular weight excluding hydrogens is 292 g/mol. The molecule has 0 unspecified atom stereocenters. The van der Waals surface area contributed by atoms with Crippen molar-refractivity contribution in [2.75, 3.05) is 40.1 Å². The molecule has 0 N–H and O–H groups in total. The highest BCUT2D eigenvalue weighted by Gasteiger charge is 2.22. The molecule has 0 amide bonds. The zero-order chi connectivity index (χ0) is 13.8. The lowest BCUT2D eigenvalue weighted by molar-refractivity contribution is 0.359. The van der Waals surface area contributed by atoms with Crippen molar-refractivity contribution in [2.24, 2.45) is 0 Å². The number of hydrogen-bond acceptors (Lipinski definition) is 4. The van der Waals surface area contributed by atoms with Gasteiger partial charge in [-0.25, -0.2) is 8.42 Å². The minimum Gasteiger partial charge on any atom is -0.308 e. The Labute approximate surface area is 118 Å². The Hall–Kier alpha value is -0.140. The highest BCUT2D eigenvalue weighted by Crippen LogP contribution is 2.24. The van der Waals surface area contributed by atoms with Crippen LogP contribution in [-0.2, 0) is 16.4 Å². The molecule has 0 saturated carbocycles. The quantitative estimate of drug-likeness (QED) is 0.720. The molecule has 1 rings (SSSR count). The Morgan fingerprint density at radius 3 is 2.44 bits per heavy atom. The largest absolute Gasteiger partial charge is 0.308 e. The Morgan fingerprint density at radius 2 is 1.89 bits per heavy atom. The van der Waals surface area contributed by atoms with Crippen molar-refractivity contribution in [2.45, 2.75) is 10.6 Å². The highest BCUT2D eigenvalue weighted by molar-refractivity contribution is 7.91. The molecule has 0 fully saturated rings. The topological polar surface area (TPSA) is 40.6 Å². The first-order valence-electron chi connectivity index (χ1n) is 5.63. The van der Waals surface area contributed by atoms with Gasteiger partial charge in [0.25, 0.3) is 10.0 Å². The first-order chi connectivity index (χ1) is 8.37. The zero-order valence-electron chi connectivity index (χ0n) is 10.9. The molecule has 0 spiro atoms. The van der Waals surface area contributed by atoms with E-state index in [1.54, 1.807) is 13.1 Å². The monoisotopic (exact) mass is 310 g/mol. The van der Waals surface area contributed by atoms with Crippen molar-refractivity contribution < 1.29 is 8.42 Å². The summed E-state index contributed by atoms with van der Waals surface area (Å²) in [6, 6.07) is 3.49. The van der Waals surface area contributed by atoms with Crippen LogP contribution in [-0.4, -0.2) is 57.7 Å². The van der Waals surface area contributed by atoms with Gasteiger partial charge in [0.05, 0.1) is 0 Å². The fourth-order valence-corrected chi connectivity index (χ4v) is 4.38. The molecule has 1 aromatic heterocycles. The van der Waals surface area contributed by atoms with Crippen LogP contribution in [0.25, 0.3) is 0 Å². The first-order valence-corrected chi connectivity index (χ1v) is 8.42. The summed E-state index contributed by atoms with van der Waals surface area (Å²) in [5.74, 6) is 0.510. The zero-order valence-corrected chi connectivity index (χ0v) is 13.3. The molecular formula is C11H19ClN2O2S2. The van der Waals surface area contributed by atoms with E-state index in [2.05, 4.69) is 0 Å². The predicted octanol–water partition coefficient (Wildman–Crippen LogP) is 1.71. The van der Waals surface area contributed by atoms with Crippen LogP contribution in [0, 0.1) is 0 Å². The van der Waals surface area contributed by atoms with E-state index in [1.807, 2.05) is 25.1 Å². The second kappa shape index (κ2) is 6.86. The van der Waals surface area contributed by atoms with E-state index in [4.69, 9.17) is 11.6 Å². The van der Waals surface area contributed by atoms with Crippen molar-refractivity contribution in [1.82, 2.24) is 9.21 Å². The number of aryl methyl sites for hydroxylation is 1. The summed E-state index contributed by atoms with van der Waals surface area (Å²) < 4.78 is 26.3. The Kier molecular flexibility index (Phi) is 6.07. The van der Waals surface area contributed by atoms with Gasteiger partial charge in [-0.2, -0.15) is 4.31 Å². The number of rotatable bonds is 7. The summed E-state index contributed by atoms with van der Waals surface area (Å²) in [5, 5.41) is 0. The molecule has 0 aliphatic heterocycles. The van der Waals surface area contributed by atoms with Crippen molar-refractivity contribution in [3.05, 3.63) is 17.0 Å². The summed E-state index contributed by atoms with van der Waals surface area (Å²) in [6.07, 6.45) is 0.711. The number of alkyl halides is 1. The summed E-state index contributed by atoms with van der Waals surface area (Å²) >= 11 is 6.95. The summed E-state index contributed by atoms with van der Waals surface area (Å²) in [5.41, 5.74) is 0. The van der Waals surface area contributed by atoms with E-state index in [-0.39, 0.29) is 0 Å². The van der Waals surface area contributed by atoms with Crippen molar-refractivity contribution >= 4 is 33.0 Å². The van der Waals surface area contributed by atoms with Gasteiger partial charge < -0.3 is 4.90 Å². The minimum absolute atomic E-state index is 0.392. The average Bonchev–Trinajstić information content (AvgIpc) is 2.75. The lowest BCUT2D eigenvalue weighted by Gasteiger charge is -2.18. The smallest absolute Gasteiger partial charge is 0.252 e. The van der Waals surface area contributed by atoms with Gasteiger partial charge >= 0.3 is 0 Å². The van der Waals surface area contributed by atoms with Crippen LogP contribution >= 0.6 is 22.9 Å². The van der Waals surface area contributed by atoms with Crippen molar-refractivity contribution in [3.63, 3.8) is 0 Å². The fraction of sp³-hybridized carbons (Fsp3) is 0.636. The molecule has 0 bridgehead atoms. The second-order valence-electron chi connectivity index (χ2n) is 4.29. The highest BCUT2D eigenvalue weighted by atomic mass is 35.5. The average molecular weight is 311 g/mol. The van der Waals surface area contributed by atoms with Gasteiger partial charge in [0, 0.05) is 30.9 Å². The minimum atomic E-state index is -3.35. The Bertz CT molecular complexity index is 471. The molecule has 4 nitrogen and oxygen atoms in total. The normalized spacial score (nSPS) is 12.6. The maximum atomic E-state index is 12.2. The van der Waals surface area contributed by atoms with E-state index in [9.17, 15) is 8.42 Å². The number of thiophene rings is 1. The van der Waals surface area contributed by atoms with Crippen LogP contribution in [0.2, 0.25) is 0 Å². The number of sulfonamides is 1. The predicted molar refractivity (Wildman–Crippen MR) is 77.1 cm³/mol. The third-order valence-corrected chi connectivity index (χ3v) is 6.16. The molecule has 0 radical (unpaired) electrons. The van der Waals surface area contributed by atoms with E-state index >= 15 is 0 Å². The van der Waals surface area contributed by atoms with Gasteiger partial charge in [-0.15, -0.1) is 22.9 Å². The maximum Gasteiger partial charge on any atom is 0.252 e. The molecule has 18 heavy (non-hydrogen) atoms. The number of nitrogens with zero attached hydrogens (tertiary/aromatic N) is 2.